The topological polar surface area (TPSA) is 83.1 Å². The third kappa shape index (κ3) is 5.10. The number of carbonyl (C=O) groups excluding carboxylic acids is 1. The van der Waals surface area contributed by atoms with Crippen molar-refractivity contribution in [2.45, 2.75) is 12.1 Å². The van der Waals surface area contributed by atoms with Crippen LogP contribution in [0.1, 0.15) is 5.82 Å². The molecule has 8 heteroatoms. The molecule has 0 aromatic carbocycles. The molecule has 0 unspecified atom stereocenters. The van der Waals surface area contributed by atoms with Gasteiger partial charge in [0.05, 0.1) is 19.0 Å². The number of aromatic amines is 1. The van der Waals surface area contributed by atoms with E-state index < -0.39 is 0 Å². The fourth-order valence-electron chi connectivity index (χ4n) is 2.00. The first kappa shape index (κ1) is 15.3. The Bertz CT molecular complexity index is 439. The lowest BCUT2D eigenvalue weighted by atomic mass is 10.1. The monoisotopic (exact) mass is 299 g/mol. The number of ether oxygens (including phenoxy) is 1. The van der Waals surface area contributed by atoms with Crippen LogP contribution < -0.4 is 5.32 Å². The predicted molar refractivity (Wildman–Crippen MR) is 76.7 cm³/mol. The summed E-state index contributed by atoms with van der Waals surface area (Å²) in [6, 6.07) is 0. The number of hydrogen-bond donors (Lipinski definition) is 2. The van der Waals surface area contributed by atoms with Gasteiger partial charge in [0, 0.05) is 25.6 Å². The number of nitrogens with one attached hydrogen (secondary N) is 2. The molecular weight excluding hydrogens is 278 g/mol. The van der Waals surface area contributed by atoms with E-state index in [1.165, 1.54) is 11.8 Å². The van der Waals surface area contributed by atoms with Crippen molar-refractivity contribution in [2.75, 3.05) is 45.6 Å². The minimum Gasteiger partial charge on any atom is -0.380 e. The molecule has 1 aromatic heterocycles. The van der Waals surface area contributed by atoms with E-state index >= 15 is 0 Å². The Morgan fingerprint density at radius 1 is 1.65 bits per heavy atom. The molecule has 2 heterocycles. The van der Waals surface area contributed by atoms with Crippen LogP contribution in [0.5, 0.6) is 0 Å². The summed E-state index contributed by atoms with van der Waals surface area (Å²) in [5, 5.41) is 10.3. The standard InChI is InChI=1S/C12H21N5O2S/c1-9-14-12(16-15-9)20-8-11(18)13-5-10-6-17(2)3-4-19-7-10/h10H,3-8H2,1-2H3,(H,13,18)(H,14,15,16)/t10-/m1/s1. The second-order valence-electron chi connectivity index (χ2n) is 5.00. The van der Waals surface area contributed by atoms with Gasteiger partial charge in [-0.25, -0.2) is 4.98 Å². The Morgan fingerprint density at radius 2 is 2.50 bits per heavy atom. The minimum absolute atomic E-state index is 0.00403. The molecule has 1 aromatic rings. The van der Waals surface area contributed by atoms with E-state index in [0.717, 1.165) is 25.5 Å². The molecule has 112 valence electrons. The quantitative estimate of drug-likeness (QED) is 0.739. The van der Waals surface area contributed by atoms with E-state index in [0.29, 0.717) is 30.0 Å². The van der Waals surface area contributed by atoms with Gasteiger partial charge in [-0.1, -0.05) is 11.8 Å². The summed E-state index contributed by atoms with van der Waals surface area (Å²) in [6.07, 6.45) is 0. The summed E-state index contributed by atoms with van der Waals surface area (Å²) < 4.78 is 5.52. The van der Waals surface area contributed by atoms with E-state index in [9.17, 15) is 4.79 Å². The molecule has 20 heavy (non-hydrogen) atoms. The largest absolute Gasteiger partial charge is 0.380 e. The van der Waals surface area contributed by atoms with Crippen molar-refractivity contribution in [1.82, 2.24) is 25.4 Å². The van der Waals surface area contributed by atoms with Gasteiger partial charge in [-0.15, -0.1) is 5.10 Å². The zero-order valence-corrected chi connectivity index (χ0v) is 12.7. The van der Waals surface area contributed by atoms with Crippen molar-refractivity contribution < 1.29 is 9.53 Å². The van der Waals surface area contributed by atoms with Gasteiger partial charge in [0.15, 0.2) is 0 Å². The average Bonchev–Trinajstić information content (AvgIpc) is 2.72. The average molecular weight is 299 g/mol. The Balaban J connectivity index is 1.66. The van der Waals surface area contributed by atoms with Gasteiger partial charge in [0.1, 0.15) is 5.82 Å². The maximum Gasteiger partial charge on any atom is 0.230 e. The van der Waals surface area contributed by atoms with Crippen molar-refractivity contribution in [1.29, 1.82) is 0 Å². The van der Waals surface area contributed by atoms with E-state index in [1.54, 1.807) is 0 Å². The molecule has 1 saturated heterocycles. The molecule has 1 fully saturated rings. The smallest absolute Gasteiger partial charge is 0.230 e. The van der Waals surface area contributed by atoms with Crippen molar-refractivity contribution in [3.05, 3.63) is 5.82 Å². The molecule has 2 rings (SSSR count). The minimum atomic E-state index is 0.00403. The van der Waals surface area contributed by atoms with E-state index in [1.807, 2.05) is 6.92 Å². The molecule has 1 aliphatic rings. The Morgan fingerprint density at radius 3 is 3.25 bits per heavy atom. The van der Waals surface area contributed by atoms with E-state index in [-0.39, 0.29) is 5.91 Å². The molecular formula is C12H21N5O2S. The van der Waals surface area contributed by atoms with Gasteiger partial charge < -0.3 is 15.0 Å². The number of carbonyl (C=O) groups is 1. The SMILES string of the molecule is Cc1nc(SCC(=O)NC[C@H]2COCCN(C)C2)n[nH]1. The van der Waals surface area contributed by atoms with Gasteiger partial charge in [-0.2, -0.15) is 0 Å². The van der Waals surface area contributed by atoms with Gasteiger partial charge in [0.2, 0.25) is 11.1 Å². The first-order chi connectivity index (χ1) is 9.63. The number of H-pyrrole nitrogens is 1. The number of aryl methyl sites for hydroxylation is 1. The van der Waals surface area contributed by atoms with Gasteiger partial charge in [0.25, 0.3) is 0 Å². The van der Waals surface area contributed by atoms with Crippen molar-refractivity contribution in [3.8, 4) is 0 Å². The lowest BCUT2D eigenvalue weighted by Crippen LogP contribution is -2.36. The number of nitrogens with zero attached hydrogens (tertiary/aromatic N) is 3. The van der Waals surface area contributed by atoms with Gasteiger partial charge in [-0.3, -0.25) is 9.89 Å². The van der Waals surface area contributed by atoms with Crippen LogP contribution in [0.2, 0.25) is 0 Å². The van der Waals surface area contributed by atoms with Crippen LogP contribution in [0.4, 0.5) is 0 Å². The summed E-state index contributed by atoms with van der Waals surface area (Å²) >= 11 is 1.33. The summed E-state index contributed by atoms with van der Waals surface area (Å²) in [5.41, 5.74) is 0. The highest BCUT2D eigenvalue weighted by Crippen LogP contribution is 2.11. The number of hydrogen-bond acceptors (Lipinski definition) is 6. The van der Waals surface area contributed by atoms with Crippen LogP contribution in [-0.4, -0.2) is 71.6 Å². The summed E-state index contributed by atoms with van der Waals surface area (Å²) in [7, 11) is 2.07. The third-order valence-corrected chi connectivity index (χ3v) is 3.89. The normalized spacial score (nSPS) is 20.6. The van der Waals surface area contributed by atoms with Crippen LogP contribution in [-0.2, 0) is 9.53 Å². The Kier molecular flexibility index (Phi) is 5.81. The highest BCUT2D eigenvalue weighted by molar-refractivity contribution is 7.99. The first-order valence-electron chi connectivity index (χ1n) is 6.68. The van der Waals surface area contributed by atoms with Crippen LogP contribution in [0.25, 0.3) is 0 Å². The van der Waals surface area contributed by atoms with E-state index in [4.69, 9.17) is 4.74 Å². The zero-order chi connectivity index (χ0) is 14.4. The number of amides is 1. The number of rotatable bonds is 5. The van der Waals surface area contributed by atoms with E-state index in [2.05, 4.69) is 32.4 Å². The summed E-state index contributed by atoms with van der Waals surface area (Å²) in [6.45, 7) is 5.85. The van der Waals surface area contributed by atoms with Crippen LogP contribution in [0, 0.1) is 12.8 Å². The highest BCUT2D eigenvalue weighted by Gasteiger charge is 2.17. The Hall–Kier alpha value is -1.12. The van der Waals surface area contributed by atoms with Gasteiger partial charge >= 0.3 is 0 Å². The molecule has 0 aliphatic carbocycles. The Labute approximate surface area is 122 Å². The molecule has 0 bridgehead atoms. The number of likely N-dealkylation sites (N-methyl/N-ethyl adjacent to an activating group) is 1. The van der Waals surface area contributed by atoms with Crippen molar-refractivity contribution >= 4 is 17.7 Å². The third-order valence-electron chi connectivity index (χ3n) is 3.04. The highest BCUT2D eigenvalue weighted by atomic mass is 32.2. The van der Waals surface area contributed by atoms with Gasteiger partial charge in [-0.05, 0) is 14.0 Å². The van der Waals surface area contributed by atoms with Crippen LogP contribution >= 0.6 is 11.8 Å². The second kappa shape index (κ2) is 7.61. The molecule has 1 aliphatic heterocycles. The molecule has 7 nitrogen and oxygen atoms in total. The summed E-state index contributed by atoms with van der Waals surface area (Å²) in [5.74, 6) is 1.44. The maximum absolute atomic E-state index is 11.8. The zero-order valence-electron chi connectivity index (χ0n) is 11.9. The maximum atomic E-state index is 11.8. The van der Waals surface area contributed by atoms with Crippen molar-refractivity contribution in [2.24, 2.45) is 5.92 Å². The van der Waals surface area contributed by atoms with Crippen LogP contribution in [0.3, 0.4) is 0 Å². The lowest BCUT2D eigenvalue weighted by Gasteiger charge is -2.19. The molecule has 0 spiro atoms. The number of thioether (sulfide) groups is 1. The summed E-state index contributed by atoms with van der Waals surface area (Å²) in [4.78, 5) is 18.2. The second-order valence-corrected chi connectivity index (χ2v) is 5.94. The number of aromatic nitrogens is 3. The lowest BCUT2D eigenvalue weighted by molar-refractivity contribution is -0.118. The molecule has 1 atom stereocenters. The fourth-order valence-corrected chi connectivity index (χ4v) is 2.68. The first-order valence-corrected chi connectivity index (χ1v) is 7.67. The molecule has 0 saturated carbocycles. The molecule has 1 amide bonds. The molecule has 2 N–H and O–H groups in total. The fraction of sp³-hybridized carbons (Fsp3) is 0.750. The predicted octanol–water partition coefficient (Wildman–Crippen LogP) is -0.100. The van der Waals surface area contributed by atoms with Crippen LogP contribution in [0.15, 0.2) is 5.16 Å². The van der Waals surface area contributed by atoms with Crippen molar-refractivity contribution in [3.63, 3.8) is 0 Å². The molecule has 0 radical (unpaired) electrons.